The van der Waals surface area contributed by atoms with Gasteiger partial charge in [-0.1, -0.05) is 6.92 Å². The number of hydrogen-bond donors (Lipinski definition) is 1. The first-order valence-corrected chi connectivity index (χ1v) is 8.19. The molecule has 0 saturated carbocycles. The molecule has 3 amide bonds. The van der Waals surface area contributed by atoms with Gasteiger partial charge >= 0.3 is 11.8 Å². The number of rotatable bonds is 5. The number of likely N-dealkylation sites (tertiary alicyclic amines) is 1. The Labute approximate surface area is 131 Å². The van der Waals surface area contributed by atoms with E-state index in [-0.39, 0.29) is 5.91 Å². The lowest BCUT2D eigenvalue weighted by Gasteiger charge is -2.33. The summed E-state index contributed by atoms with van der Waals surface area (Å²) in [6.45, 7) is 7.85. The summed E-state index contributed by atoms with van der Waals surface area (Å²) in [4.78, 5) is 41.0. The third-order valence-corrected chi connectivity index (χ3v) is 4.36. The summed E-state index contributed by atoms with van der Waals surface area (Å²) >= 11 is 0. The minimum atomic E-state index is -0.530. The van der Waals surface area contributed by atoms with Crippen LogP contribution >= 0.6 is 0 Å². The third kappa shape index (κ3) is 4.43. The van der Waals surface area contributed by atoms with Crippen molar-refractivity contribution in [1.82, 2.24) is 20.0 Å². The Hall–Kier alpha value is -1.63. The highest BCUT2D eigenvalue weighted by Crippen LogP contribution is 2.09. The average Bonchev–Trinajstić information content (AvgIpc) is 2.96. The molecule has 0 atom stereocenters. The number of piperazine rings is 1. The van der Waals surface area contributed by atoms with Crippen molar-refractivity contribution in [3.8, 4) is 0 Å². The molecule has 0 aromatic heterocycles. The molecule has 0 aromatic rings. The van der Waals surface area contributed by atoms with Crippen molar-refractivity contribution >= 4 is 17.7 Å². The van der Waals surface area contributed by atoms with Crippen LogP contribution in [0.2, 0.25) is 0 Å². The second-order valence-corrected chi connectivity index (χ2v) is 5.82. The zero-order valence-electron chi connectivity index (χ0n) is 13.3. The maximum absolute atomic E-state index is 12.0. The van der Waals surface area contributed by atoms with Gasteiger partial charge in [0.2, 0.25) is 5.91 Å². The fraction of sp³-hybridized carbons (Fsp3) is 0.800. The van der Waals surface area contributed by atoms with E-state index in [1.54, 1.807) is 4.90 Å². The molecule has 7 nitrogen and oxygen atoms in total. The molecule has 7 heteroatoms. The van der Waals surface area contributed by atoms with Gasteiger partial charge in [0.1, 0.15) is 0 Å². The van der Waals surface area contributed by atoms with Crippen LogP contribution in [0.25, 0.3) is 0 Å². The molecule has 0 radical (unpaired) electrons. The average molecular weight is 310 g/mol. The number of hydrogen-bond acceptors (Lipinski definition) is 4. The van der Waals surface area contributed by atoms with Gasteiger partial charge in [-0.25, -0.2) is 0 Å². The predicted molar refractivity (Wildman–Crippen MR) is 82.1 cm³/mol. The lowest BCUT2D eigenvalue weighted by atomic mass is 10.3. The molecule has 0 aliphatic carbocycles. The SMILES string of the molecule is CCN1CCN(C(=O)C(=O)NCCCN2CCCC2=O)CC1. The highest BCUT2D eigenvalue weighted by atomic mass is 16.2. The maximum atomic E-state index is 12.0. The Bertz CT molecular complexity index is 419. The van der Waals surface area contributed by atoms with E-state index in [2.05, 4.69) is 17.1 Å². The van der Waals surface area contributed by atoms with E-state index in [1.807, 2.05) is 4.90 Å². The third-order valence-electron chi connectivity index (χ3n) is 4.36. The molecule has 0 bridgehead atoms. The van der Waals surface area contributed by atoms with Crippen LogP contribution < -0.4 is 5.32 Å². The van der Waals surface area contributed by atoms with Crippen molar-refractivity contribution in [3.63, 3.8) is 0 Å². The number of carbonyl (C=O) groups is 3. The first-order valence-electron chi connectivity index (χ1n) is 8.19. The molecule has 0 unspecified atom stereocenters. The Kier molecular flexibility index (Phi) is 6.18. The summed E-state index contributed by atoms with van der Waals surface area (Å²) in [5.41, 5.74) is 0. The zero-order chi connectivity index (χ0) is 15.9. The Morgan fingerprint density at radius 1 is 1.14 bits per heavy atom. The highest BCUT2D eigenvalue weighted by molar-refractivity contribution is 6.35. The highest BCUT2D eigenvalue weighted by Gasteiger charge is 2.25. The minimum absolute atomic E-state index is 0.191. The van der Waals surface area contributed by atoms with Gasteiger partial charge in [0.25, 0.3) is 0 Å². The molecule has 2 fully saturated rings. The van der Waals surface area contributed by atoms with Gasteiger partial charge in [-0.05, 0) is 19.4 Å². The van der Waals surface area contributed by atoms with E-state index in [9.17, 15) is 14.4 Å². The molecule has 124 valence electrons. The van der Waals surface area contributed by atoms with Gasteiger partial charge in [-0.2, -0.15) is 0 Å². The summed E-state index contributed by atoms with van der Waals surface area (Å²) < 4.78 is 0. The number of carbonyl (C=O) groups excluding carboxylic acids is 3. The van der Waals surface area contributed by atoms with Crippen molar-refractivity contribution in [1.29, 1.82) is 0 Å². The number of amides is 3. The fourth-order valence-corrected chi connectivity index (χ4v) is 2.90. The second kappa shape index (κ2) is 8.12. The topological polar surface area (TPSA) is 73.0 Å². The normalized spacial score (nSPS) is 19.6. The first-order chi connectivity index (χ1) is 10.6. The van der Waals surface area contributed by atoms with Crippen LogP contribution in [0.3, 0.4) is 0 Å². The van der Waals surface area contributed by atoms with Crippen molar-refractivity contribution in [2.24, 2.45) is 0 Å². The number of nitrogens with one attached hydrogen (secondary N) is 1. The van der Waals surface area contributed by atoms with Crippen LogP contribution in [0.4, 0.5) is 0 Å². The molecule has 2 aliphatic heterocycles. The predicted octanol–water partition coefficient (Wildman–Crippen LogP) is -0.721. The van der Waals surface area contributed by atoms with Gasteiger partial charge in [0.15, 0.2) is 0 Å². The lowest BCUT2D eigenvalue weighted by molar-refractivity contribution is -0.147. The molecule has 2 rings (SSSR count). The molecule has 0 spiro atoms. The standard InChI is InChI=1S/C15H26N4O3/c1-2-17-9-11-19(12-10-17)15(22)14(21)16-6-4-8-18-7-3-5-13(18)20/h2-12H2,1H3,(H,16,21). The Balaban J connectivity index is 1.62. The van der Waals surface area contributed by atoms with Crippen molar-refractivity contribution in [2.45, 2.75) is 26.2 Å². The van der Waals surface area contributed by atoms with Crippen LogP contribution in [-0.2, 0) is 14.4 Å². The molecule has 1 N–H and O–H groups in total. The summed E-state index contributed by atoms with van der Waals surface area (Å²) in [7, 11) is 0. The molecular weight excluding hydrogens is 284 g/mol. The van der Waals surface area contributed by atoms with E-state index >= 15 is 0 Å². The largest absolute Gasteiger partial charge is 0.348 e. The molecule has 22 heavy (non-hydrogen) atoms. The fourth-order valence-electron chi connectivity index (χ4n) is 2.90. The lowest BCUT2D eigenvalue weighted by Crippen LogP contribution is -2.52. The molecular formula is C15H26N4O3. The quantitative estimate of drug-likeness (QED) is 0.537. The molecule has 2 heterocycles. The summed E-state index contributed by atoms with van der Waals surface area (Å²) in [5.74, 6) is -0.776. The van der Waals surface area contributed by atoms with Crippen LogP contribution in [-0.4, -0.2) is 84.8 Å². The van der Waals surface area contributed by atoms with Gasteiger partial charge in [-0.15, -0.1) is 0 Å². The van der Waals surface area contributed by atoms with E-state index in [4.69, 9.17) is 0 Å². The van der Waals surface area contributed by atoms with Gasteiger partial charge < -0.3 is 20.0 Å². The molecule has 0 aromatic carbocycles. The van der Waals surface area contributed by atoms with Crippen LogP contribution in [0.1, 0.15) is 26.2 Å². The summed E-state index contributed by atoms with van der Waals surface area (Å²) in [6, 6.07) is 0. The summed E-state index contributed by atoms with van der Waals surface area (Å²) in [6.07, 6.45) is 2.25. The van der Waals surface area contributed by atoms with E-state index in [0.717, 1.165) is 32.6 Å². The smallest absolute Gasteiger partial charge is 0.311 e. The van der Waals surface area contributed by atoms with Crippen molar-refractivity contribution < 1.29 is 14.4 Å². The van der Waals surface area contributed by atoms with Crippen molar-refractivity contribution in [3.05, 3.63) is 0 Å². The summed E-state index contributed by atoms with van der Waals surface area (Å²) in [5, 5.41) is 2.66. The van der Waals surface area contributed by atoms with Crippen LogP contribution in [0.5, 0.6) is 0 Å². The van der Waals surface area contributed by atoms with Crippen LogP contribution in [0.15, 0.2) is 0 Å². The molecule has 2 aliphatic rings. The van der Waals surface area contributed by atoms with E-state index in [0.29, 0.717) is 39.0 Å². The Morgan fingerprint density at radius 3 is 2.45 bits per heavy atom. The Morgan fingerprint density at radius 2 is 1.86 bits per heavy atom. The first kappa shape index (κ1) is 16.7. The number of likely N-dealkylation sites (N-methyl/N-ethyl adjacent to an activating group) is 1. The van der Waals surface area contributed by atoms with Crippen molar-refractivity contribution in [2.75, 3.05) is 52.4 Å². The van der Waals surface area contributed by atoms with E-state index < -0.39 is 11.8 Å². The number of nitrogens with zero attached hydrogens (tertiary/aromatic N) is 3. The monoisotopic (exact) mass is 310 g/mol. The second-order valence-electron chi connectivity index (χ2n) is 5.82. The van der Waals surface area contributed by atoms with Gasteiger partial charge in [-0.3, -0.25) is 14.4 Å². The molecule has 2 saturated heterocycles. The van der Waals surface area contributed by atoms with Crippen LogP contribution in [0, 0.1) is 0 Å². The zero-order valence-corrected chi connectivity index (χ0v) is 13.3. The van der Waals surface area contributed by atoms with E-state index in [1.165, 1.54) is 0 Å². The maximum Gasteiger partial charge on any atom is 0.311 e. The minimum Gasteiger partial charge on any atom is -0.348 e. The van der Waals surface area contributed by atoms with Gasteiger partial charge in [0.05, 0.1) is 0 Å². The van der Waals surface area contributed by atoms with Gasteiger partial charge in [0, 0.05) is 52.2 Å².